The molecule has 3 aliphatic rings. The van der Waals surface area contributed by atoms with E-state index in [1.54, 1.807) is 0 Å². The molecule has 0 amide bonds. The van der Waals surface area contributed by atoms with E-state index in [1.165, 1.54) is 6.07 Å². The maximum Gasteiger partial charge on any atom is 0.417 e. The van der Waals surface area contributed by atoms with Crippen LogP contribution in [0.4, 0.5) is 36.8 Å². The summed E-state index contributed by atoms with van der Waals surface area (Å²) in [7, 11) is 0. The summed E-state index contributed by atoms with van der Waals surface area (Å²) in [5.74, 6) is 2.75. The molecular weight excluding hydrogens is 421 g/mol. The second kappa shape index (κ2) is 8.59. The topological polar surface area (TPSA) is 64.5 Å². The van der Waals surface area contributed by atoms with Crippen LogP contribution >= 0.6 is 0 Å². The minimum atomic E-state index is -4.37. The number of piperazine rings is 1. The number of nitrogens with zero attached hydrogens (tertiary/aromatic N) is 8. The predicted molar refractivity (Wildman–Crippen MR) is 116 cm³/mol. The van der Waals surface area contributed by atoms with Gasteiger partial charge in [0.1, 0.15) is 5.82 Å². The molecule has 11 heteroatoms. The molecular formula is C21H27F3N8. The smallest absolute Gasteiger partial charge is 0.353 e. The molecule has 8 nitrogen and oxygen atoms in total. The van der Waals surface area contributed by atoms with Crippen molar-refractivity contribution in [3.8, 4) is 0 Å². The van der Waals surface area contributed by atoms with E-state index < -0.39 is 11.7 Å². The van der Waals surface area contributed by atoms with E-state index in [0.29, 0.717) is 37.9 Å². The van der Waals surface area contributed by atoms with Crippen LogP contribution in [0.2, 0.25) is 0 Å². The lowest BCUT2D eigenvalue weighted by atomic mass is 10.2. The van der Waals surface area contributed by atoms with E-state index in [9.17, 15) is 13.2 Å². The first-order valence-corrected chi connectivity index (χ1v) is 11.3. The lowest BCUT2D eigenvalue weighted by Gasteiger charge is -2.36. The van der Waals surface area contributed by atoms with Crippen LogP contribution in [0, 0.1) is 0 Å². The summed E-state index contributed by atoms with van der Waals surface area (Å²) in [6, 6.07) is 2.53. The van der Waals surface area contributed by atoms with Gasteiger partial charge in [0.2, 0.25) is 17.8 Å². The number of rotatable bonds is 4. The SMILES string of the molecule is FC(F)(F)c1ccc(N2CCN(c3nc(N4CCCC4)nc(N4CCCC4)n3)CC2)nc1. The molecule has 32 heavy (non-hydrogen) atoms. The van der Waals surface area contributed by atoms with Gasteiger partial charge in [-0.3, -0.25) is 0 Å². The molecule has 0 radical (unpaired) electrons. The molecule has 5 heterocycles. The van der Waals surface area contributed by atoms with Crippen LogP contribution in [0.25, 0.3) is 0 Å². The molecule has 2 aromatic rings. The number of halogens is 3. The number of hydrogen-bond acceptors (Lipinski definition) is 8. The third kappa shape index (κ3) is 4.37. The summed E-state index contributed by atoms with van der Waals surface area (Å²) < 4.78 is 38.4. The van der Waals surface area contributed by atoms with Gasteiger partial charge < -0.3 is 19.6 Å². The fourth-order valence-corrected chi connectivity index (χ4v) is 4.48. The van der Waals surface area contributed by atoms with Crippen molar-refractivity contribution in [1.29, 1.82) is 0 Å². The van der Waals surface area contributed by atoms with Crippen LogP contribution in [0.3, 0.4) is 0 Å². The molecule has 172 valence electrons. The number of aromatic nitrogens is 4. The van der Waals surface area contributed by atoms with Gasteiger partial charge in [0.25, 0.3) is 0 Å². The summed E-state index contributed by atoms with van der Waals surface area (Å²) in [5.41, 5.74) is -0.728. The molecule has 0 atom stereocenters. The van der Waals surface area contributed by atoms with Gasteiger partial charge in [0.05, 0.1) is 5.56 Å². The minimum absolute atomic E-state index is 0.559. The largest absolute Gasteiger partial charge is 0.417 e. The zero-order valence-corrected chi connectivity index (χ0v) is 17.9. The molecule has 0 aliphatic carbocycles. The fraction of sp³-hybridized carbons (Fsp3) is 0.619. The summed E-state index contributed by atoms with van der Waals surface area (Å²) in [6.07, 6.45) is 1.14. The first kappa shape index (κ1) is 21.0. The number of anilines is 4. The normalized spacial score (nSPS) is 19.8. The van der Waals surface area contributed by atoms with E-state index in [0.717, 1.165) is 76.0 Å². The lowest BCUT2D eigenvalue weighted by molar-refractivity contribution is -0.137. The van der Waals surface area contributed by atoms with Gasteiger partial charge in [0, 0.05) is 58.6 Å². The van der Waals surface area contributed by atoms with Gasteiger partial charge in [-0.15, -0.1) is 0 Å². The van der Waals surface area contributed by atoms with Crippen LogP contribution in [-0.2, 0) is 6.18 Å². The number of pyridine rings is 1. The van der Waals surface area contributed by atoms with E-state index in [1.807, 2.05) is 4.90 Å². The van der Waals surface area contributed by atoms with Crippen molar-refractivity contribution in [3.63, 3.8) is 0 Å². The van der Waals surface area contributed by atoms with Crippen LogP contribution in [0.5, 0.6) is 0 Å². The second-order valence-corrected chi connectivity index (χ2v) is 8.50. The second-order valence-electron chi connectivity index (χ2n) is 8.50. The quantitative estimate of drug-likeness (QED) is 0.708. The van der Waals surface area contributed by atoms with Crippen LogP contribution < -0.4 is 19.6 Å². The third-order valence-electron chi connectivity index (χ3n) is 6.34. The number of alkyl halides is 3. The van der Waals surface area contributed by atoms with Crippen LogP contribution in [-0.4, -0.2) is 72.3 Å². The lowest BCUT2D eigenvalue weighted by Crippen LogP contribution is -2.47. The Labute approximate surface area is 185 Å². The van der Waals surface area contributed by atoms with Gasteiger partial charge in [-0.2, -0.15) is 28.1 Å². The zero-order valence-electron chi connectivity index (χ0n) is 17.9. The highest BCUT2D eigenvalue weighted by molar-refractivity contribution is 5.49. The van der Waals surface area contributed by atoms with Crippen molar-refractivity contribution in [2.75, 3.05) is 72.0 Å². The van der Waals surface area contributed by atoms with Gasteiger partial charge in [0.15, 0.2) is 0 Å². The molecule has 3 aliphatic heterocycles. The Balaban J connectivity index is 1.31. The Morgan fingerprint density at radius 2 is 1.03 bits per heavy atom. The molecule has 0 bridgehead atoms. The third-order valence-corrected chi connectivity index (χ3v) is 6.34. The summed E-state index contributed by atoms with van der Waals surface area (Å²) in [4.78, 5) is 27.0. The Morgan fingerprint density at radius 3 is 1.44 bits per heavy atom. The van der Waals surface area contributed by atoms with Crippen molar-refractivity contribution < 1.29 is 13.2 Å². The molecule has 0 N–H and O–H groups in total. The fourth-order valence-electron chi connectivity index (χ4n) is 4.48. The van der Waals surface area contributed by atoms with Crippen molar-refractivity contribution >= 4 is 23.7 Å². The van der Waals surface area contributed by atoms with E-state index >= 15 is 0 Å². The standard InChI is InChI=1S/C21H27F3N8/c22-21(23,24)16-5-6-17(25-15-16)29-11-13-32(14-12-29)20-27-18(30-7-1-2-8-30)26-19(28-20)31-9-3-4-10-31/h5-6,15H,1-4,7-14H2. The maximum atomic E-state index is 12.8. The first-order chi connectivity index (χ1) is 15.5. The Morgan fingerprint density at radius 1 is 0.594 bits per heavy atom. The maximum absolute atomic E-state index is 12.8. The van der Waals surface area contributed by atoms with Gasteiger partial charge in [-0.1, -0.05) is 0 Å². The summed E-state index contributed by atoms with van der Waals surface area (Å²) in [6.45, 7) is 6.50. The summed E-state index contributed by atoms with van der Waals surface area (Å²) in [5, 5.41) is 0. The average molecular weight is 448 g/mol. The highest BCUT2D eigenvalue weighted by Gasteiger charge is 2.31. The van der Waals surface area contributed by atoms with Crippen molar-refractivity contribution in [2.45, 2.75) is 31.9 Å². The molecule has 5 rings (SSSR count). The Kier molecular flexibility index (Phi) is 5.64. The summed E-state index contributed by atoms with van der Waals surface area (Å²) >= 11 is 0. The molecule has 0 unspecified atom stereocenters. The molecule has 3 fully saturated rings. The van der Waals surface area contributed by atoms with Crippen LogP contribution in [0.15, 0.2) is 18.3 Å². The highest BCUT2D eigenvalue weighted by Crippen LogP contribution is 2.30. The Bertz CT molecular complexity index is 881. The van der Waals surface area contributed by atoms with Crippen molar-refractivity contribution in [3.05, 3.63) is 23.9 Å². The predicted octanol–water partition coefficient (Wildman–Crippen LogP) is 2.81. The van der Waals surface area contributed by atoms with Crippen LogP contribution in [0.1, 0.15) is 31.2 Å². The number of hydrogen-bond donors (Lipinski definition) is 0. The first-order valence-electron chi connectivity index (χ1n) is 11.3. The van der Waals surface area contributed by atoms with E-state index in [4.69, 9.17) is 15.0 Å². The van der Waals surface area contributed by atoms with Gasteiger partial charge in [-0.05, 0) is 37.8 Å². The monoisotopic (exact) mass is 448 g/mol. The van der Waals surface area contributed by atoms with Crippen molar-refractivity contribution in [2.24, 2.45) is 0 Å². The highest BCUT2D eigenvalue weighted by atomic mass is 19.4. The van der Waals surface area contributed by atoms with E-state index in [-0.39, 0.29) is 0 Å². The molecule has 0 saturated carbocycles. The van der Waals surface area contributed by atoms with E-state index in [2.05, 4.69) is 19.7 Å². The zero-order chi connectivity index (χ0) is 22.1. The molecule has 2 aromatic heterocycles. The van der Waals surface area contributed by atoms with Gasteiger partial charge >= 0.3 is 6.18 Å². The molecule has 0 aromatic carbocycles. The molecule has 0 spiro atoms. The molecule has 3 saturated heterocycles. The minimum Gasteiger partial charge on any atom is -0.353 e. The van der Waals surface area contributed by atoms with Crippen molar-refractivity contribution in [1.82, 2.24) is 19.9 Å². The van der Waals surface area contributed by atoms with Gasteiger partial charge in [-0.25, -0.2) is 4.98 Å². The Hall–Kier alpha value is -2.85. The average Bonchev–Trinajstić information content (AvgIpc) is 3.53.